The lowest BCUT2D eigenvalue weighted by atomic mass is 9.35. The van der Waals surface area contributed by atoms with Crippen LogP contribution in [0, 0.1) is 56.7 Å². The molecule has 0 heterocycles. The van der Waals surface area contributed by atoms with Gasteiger partial charge in [0.2, 0.25) is 0 Å². The first-order valence-electron chi connectivity index (χ1n) is 13.7. The average molecular weight is 427 g/mol. The standard InChI is InChI=1S/C30H50O/c1-19(2)20-9-12-24-28(20,6)17-18-29(7)22-10-11-23-26(3,4)25(31)14-15-27(23,5)21(22)13-16-30(24,29)8/h13,19-20,22-25,31H,9-12,14-18H2,1-8H3/t20-,22+,23+,24-,25-,27+,28-,29-,30+/m0/s1. The first-order chi connectivity index (χ1) is 14.3. The molecule has 176 valence electrons. The first kappa shape index (κ1) is 22.5. The SMILES string of the molecule is CC(C)[C@@H]1CC[C@H]2[C@@]1(C)CC[C@@]1(C)[C@@H]3CC[C@@H]4C(C)(C)[C@@H](O)CC[C@]4(C)C3=CC[C@]21C. The molecule has 0 aromatic rings. The Kier molecular flexibility index (Phi) is 4.82. The molecule has 0 spiro atoms. The van der Waals surface area contributed by atoms with Crippen LogP contribution in [-0.2, 0) is 0 Å². The Hall–Kier alpha value is -0.300. The van der Waals surface area contributed by atoms with Crippen LogP contribution in [-0.4, -0.2) is 11.2 Å². The molecule has 0 amide bonds. The molecule has 31 heavy (non-hydrogen) atoms. The smallest absolute Gasteiger partial charge is 0.0594 e. The van der Waals surface area contributed by atoms with Crippen molar-refractivity contribution in [1.82, 2.24) is 0 Å². The molecule has 9 atom stereocenters. The van der Waals surface area contributed by atoms with Crippen LogP contribution in [0.3, 0.4) is 0 Å². The Labute approximate surface area is 192 Å². The Morgan fingerprint density at radius 2 is 1.48 bits per heavy atom. The van der Waals surface area contributed by atoms with Crippen molar-refractivity contribution in [1.29, 1.82) is 0 Å². The molecule has 5 aliphatic carbocycles. The van der Waals surface area contributed by atoms with E-state index in [2.05, 4.69) is 61.5 Å². The number of hydrogen-bond acceptors (Lipinski definition) is 1. The summed E-state index contributed by atoms with van der Waals surface area (Å²) in [5.74, 6) is 4.02. The zero-order valence-electron chi connectivity index (χ0n) is 21.9. The highest BCUT2D eigenvalue weighted by molar-refractivity contribution is 5.33. The monoisotopic (exact) mass is 426 g/mol. The third-order valence-corrected chi connectivity index (χ3v) is 13.2. The van der Waals surface area contributed by atoms with Crippen LogP contribution in [0.25, 0.3) is 0 Å². The summed E-state index contributed by atoms with van der Waals surface area (Å²) in [5, 5.41) is 10.8. The molecule has 1 nitrogen and oxygen atoms in total. The van der Waals surface area contributed by atoms with Crippen molar-refractivity contribution < 1.29 is 5.11 Å². The maximum absolute atomic E-state index is 10.8. The molecule has 4 saturated carbocycles. The topological polar surface area (TPSA) is 20.2 Å². The summed E-state index contributed by atoms with van der Waals surface area (Å²) in [6.45, 7) is 20.4. The van der Waals surface area contributed by atoms with E-state index in [9.17, 15) is 5.11 Å². The van der Waals surface area contributed by atoms with E-state index in [0.29, 0.717) is 27.6 Å². The van der Waals surface area contributed by atoms with Gasteiger partial charge in [0.25, 0.3) is 0 Å². The zero-order valence-corrected chi connectivity index (χ0v) is 21.9. The second kappa shape index (κ2) is 6.64. The number of aliphatic hydroxyl groups is 1. The van der Waals surface area contributed by atoms with E-state index in [1.165, 1.54) is 51.4 Å². The van der Waals surface area contributed by atoms with E-state index in [0.717, 1.165) is 30.1 Å². The molecule has 0 aromatic heterocycles. The molecular formula is C30H50O. The maximum Gasteiger partial charge on any atom is 0.0594 e. The fourth-order valence-corrected chi connectivity index (χ4v) is 11.2. The van der Waals surface area contributed by atoms with E-state index in [4.69, 9.17) is 0 Å². The van der Waals surface area contributed by atoms with E-state index < -0.39 is 0 Å². The van der Waals surface area contributed by atoms with Gasteiger partial charge in [-0.05, 0) is 114 Å². The molecule has 0 bridgehead atoms. The van der Waals surface area contributed by atoms with Crippen LogP contribution in [0.5, 0.6) is 0 Å². The third-order valence-electron chi connectivity index (χ3n) is 13.2. The van der Waals surface area contributed by atoms with Gasteiger partial charge < -0.3 is 5.11 Å². The highest BCUT2D eigenvalue weighted by Gasteiger charge is 2.68. The highest BCUT2D eigenvalue weighted by atomic mass is 16.3. The molecule has 0 unspecified atom stereocenters. The number of hydrogen-bond donors (Lipinski definition) is 1. The van der Waals surface area contributed by atoms with Crippen molar-refractivity contribution in [3.8, 4) is 0 Å². The molecule has 0 aliphatic heterocycles. The largest absolute Gasteiger partial charge is 0.393 e. The normalized spacial score (nSPS) is 55.7. The minimum Gasteiger partial charge on any atom is -0.393 e. The van der Waals surface area contributed by atoms with Crippen LogP contribution in [0.2, 0.25) is 0 Å². The van der Waals surface area contributed by atoms with Crippen molar-refractivity contribution in [2.75, 3.05) is 0 Å². The molecule has 0 radical (unpaired) electrons. The molecule has 1 heteroatoms. The van der Waals surface area contributed by atoms with Gasteiger partial charge in [-0.1, -0.05) is 67.0 Å². The highest BCUT2D eigenvalue weighted by Crippen LogP contribution is 2.76. The zero-order chi connectivity index (χ0) is 22.6. The van der Waals surface area contributed by atoms with Gasteiger partial charge in [-0.2, -0.15) is 0 Å². The fourth-order valence-electron chi connectivity index (χ4n) is 11.2. The lowest BCUT2D eigenvalue weighted by Crippen LogP contribution is -2.62. The van der Waals surface area contributed by atoms with E-state index in [-0.39, 0.29) is 11.5 Å². The predicted molar refractivity (Wildman–Crippen MR) is 131 cm³/mol. The summed E-state index contributed by atoms with van der Waals surface area (Å²) >= 11 is 0. The van der Waals surface area contributed by atoms with Gasteiger partial charge in [0.15, 0.2) is 0 Å². The Morgan fingerprint density at radius 1 is 0.806 bits per heavy atom. The van der Waals surface area contributed by atoms with Crippen molar-refractivity contribution in [3.63, 3.8) is 0 Å². The molecule has 5 rings (SSSR count). The van der Waals surface area contributed by atoms with Gasteiger partial charge >= 0.3 is 0 Å². The van der Waals surface area contributed by atoms with Gasteiger partial charge in [0, 0.05) is 0 Å². The van der Waals surface area contributed by atoms with Gasteiger partial charge in [0.1, 0.15) is 0 Å². The minimum atomic E-state index is -0.131. The quantitative estimate of drug-likeness (QED) is 0.421. The van der Waals surface area contributed by atoms with Gasteiger partial charge in [0.05, 0.1) is 6.10 Å². The summed E-state index contributed by atoms with van der Waals surface area (Å²) in [5.41, 5.74) is 3.61. The van der Waals surface area contributed by atoms with Gasteiger partial charge in [-0.25, -0.2) is 0 Å². The van der Waals surface area contributed by atoms with Crippen molar-refractivity contribution in [2.24, 2.45) is 56.7 Å². The molecule has 5 aliphatic rings. The summed E-state index contributed by atoms with van der Waals surface area (Å²) in [7, 11) is 0. The summed E-state index contributed by atoms with van der Waals surface area (Å²) in [4.78, 5) is 0. The summed E-state index contributed by atoms with van der Waals surface area (Å²) < 4.78 is 0. The lowest BCUT2D eigenvalue weighted by Gasteiger charge is -2.69. The third kappa shape index (κ3) is 2.60. The van der Waals surface area contributed by atoms with Crippen LogP contribution in [0.1, 0.15) is 113 Å². The van der Waals surface area contributed by atoms with Crippen LogP contribution in [0.4, 0.5) is 0 Å². The Morgan fingerprint density at radius 3 is 2.16 bits per heavy atom. The molecular weight excluding hydrogens is 376 g/mol. The van der Waals surface area contributed by atoms with E-state index in [1.807, 2.05) is 5.57 Å². The number of fused-ring (bicyclic) bond motifs is 7. The fraction of sp³-hybridized carbons (Fsp3) is 0.933. The first-order valence-corrected chi connectivity index (χ1v) is 13.7. The van der Waals surface area contributed by atoms with Crippen LogP contribution >= 0.6 is 0 Å². The van der Waals surface area contributed by atoms with Crippen LogP contribution in [0.15, 0.2) is 11.6 Å². The molecule has 0 saturated heterocycles. The van der Waals surface area contributed by atoms with Crippen molar-refractivity contribution in [2.45, 2.75) is 119 Å². The Bertz CT molecular complexity index is 777. The van der Waals surface area contributed by atoms with Crippen LogP contribution < -0.4 is 0 Å². The summed E-state index contributed by atoms with van der Waals surface area (Å²) in [6.07, 6.45) is 14.6. The van der Waals surface area contributed by atoms with Crippen molar-refractivity contribution >= 4 is 0 Å². The second-order valence-electron chi connectivity index (χ2n) is 14.7. The second-order valence-corrected chi connectivity index (χ2v) is 14.7. The minimum absolute atomic E-state index is 0.0432. The maximum atomic E-state index is 10.8. The van der Waals surface area contributed by atoms with Gasteiger partial charge in [-0.3, -0.25) is 0 Å². The number of rotatable bonds is 1. The Balaban J connectivity index is 1.55. The van der Waals surface area contributed by atoms with Crippen molar-refractivity contribution in [3.05, 3.63) is 11.6 Å². The summed E-state index contributed by atoms with van der Waals surface area (Å²) in [6, 6.07) is 0. The van der Waals surface area contributed by atoms with Gasteiger partial charge in [-0.15, -0.1) is 0 Å². The average Bonchev–Trinajstić information content (AvgIpc) is 3.05. The lowest BCUT2D eigenvalue weighted by molar-refractivity contribution is -0.165. The molecule has 0 aromatic carbocycles. The number of aliphatic hydroxyl groups excluding tert-OH is 1. The molecule has 4 fully saturated rings. The predicted octanol–water partition coefficient (Wildman–Crippen LogP) is 8.02. The molecule has 1 N–H and O–H groups in total. The number of allylic oxidation sites excluding steroid dienone is 2. The van der Waals surface area contributed by atoms with E-state index in [1.54, 1.807) is 0 Å². The van der Waals surface area contributed by atoms with E-state index >= 15 is 0 Å².